The molecule has 0 aliphatic rings. The molecule has 0 radical (unpaired) electrons. The smallest absolute Gasteiger partial charge is 0.417 e. The van der Waals surface area contributed by atoms with Gasteiger partial charge in [0.05, 0.1) is 11.1 Å². The molecule has 1 aromatic rings. The molecule has 0 fully saturated rings. The second kappa shape index (κ2) is 13.6. The summed E-state index contributed by atoms with van der Waals surface area (Å²) in [4.78, 5) is 12.4. The van der Waals surface area contributed by atoms with Crippen LogP contribution in [0.15, 0.2) is 18.2 Å². The first-order valence-corrected chi connectivity index (χ1v) is 10.9. The van der Waals surface area contributed by atoms with Gasteiger partial charge in [0.15, 0.2) is 0 Å². The summed E-state index contributed by atoms with van der Waals surface area (Å²) in [5.41, 5.74) is -1.91. The van der Waals surface area contributed by atoms with Crippen molar-refractivity contribution in [3.05, 3.63) is 35.1 Å². The zero-order valence-electron chi connectivity index (χ0n) is 17.6. The van der Waals surface area contributed by atoms with Crippen LogP contribution in [0, 0.1) is 5.82 Å². The summed E-state index contributed by atoms with van der Waals surface area (Å²) >= 11 is 0. The maximum Gasteiger partial charge on any atom is 0.417 e. The highest BCUT2D eigenvalue weighted by molar-refractivity contribution is 5.91. The van der Waals surface area contributed by atoms with Crippen molar-refractivity contribution in [3.8, 4) is 0 Å². The maximum atomic E-state index is 13.5. The molecule has 0 aromatic heterocycles. The van der Waals surface area contributed by atoms with Gasteiger partial charge >= 0.3 is 12.1 Å². The summed E-state index contributed by atoms with van der Waals surface area (Å²) in [6.07, 6.45) is 6.68. The molecule has 1 rings (SSSR count). The molecule has 6 heteroatoms. The maximum absolute atomic E-state index is 13.5. The van der Waals surface area contributed by atoms with Crippen molar-refractivity contribution >= 4 is 5.97 Å². The first-order chi connectivity index (χ1) is 13.8. The van der Waals surface area contributed by atoms with Crippen molar-refractivity contribution in [3.63, 3.8) is 0 Å². The van der Waals surface area contributed by atoms with E-state index in [2.05, 4.69) is 13.8 Å². The molecule has 0 aliphatic carbocycles. The highest BCUT2D eigenvalue weighted by Crippen LogP contribution is 2.33. The van der Waals surface area contributed by atoms with Gasteiger partial charge in [0.25, 0.3) is 0 Å². The van der Waals surface area contributed by atoms with Crippen LogP contribution >= 0.6 is 0 Å². The summed E-state index contributed by atoms with van der Waals surface area (Å²) in [6, 6.07) is 1.91. The molecule has 1 unspecified atom stereocenters. The molecule has 1 atom stereocenters. The second-order valence-electron chi connectivity index (χ2n) is 7.62. The Hall–Kier alpha value is -1.59. The Balaban J connectivity index is 2.70. The number of unbranched alkanes of at least 4 members (excludes halogenated alkanes) is 8. The van der Waals surface area contributed by atoms with Gasteiger partial charge in [0.2, 0.25) is 0 Å². The van der Waals surface area contributed by atoms with Crippen molar-refractivity contribution in [2.45, 2.75) is 103 Å². The highest BCUT2D eigenvalue weighted by Gasteiger charge is 2.36. The van der Waals surface area contributed by atoms with Crippen LogP contribution in [0.25, 0.3) is 0 Å². The van der Waals surface area contributed by atoms with E-state index in [1.807, 2.05) is 0 Å². The van der Waals surface area contributed by atoms with Crippen LogP contribution in [-0.4, -0.2) is 12.1 Å². The van der Waals surface area contributed by atoms with Gasteiger partial charge in [-0.15, -0.1) is 0 Å². The summed E-state index contributed by atoms with van der Waals surface area (Å²) < 4.78 is 58.4. The van der Waals surface area contributed by atoms with Crippen LogP contribution < -0.4 is 0 Å². The third kappa shape index (κ3) is 10.1. The molecule has 0 amide bonds. The van der Waals surface area contributed by atoms with E-state index in [4.69, 9.17) is 4.74 Å². The van der Waals surface area contributed by atoms with E-state index in [0.29, 0.717) is 31.0 Å². The van der Waals surface area contributed by atoms with Crippen LogP contribution in [0.2, 0.25) is 0 Å². The Morgan fingerprint density at radius 3 is 2.00 bits per heavy atom. The van der Waals surface area contributed by atoms with Crippen molar-refractivity contribution in [1.82, 2.24) is 0 Å². The minimum atomic E-state index is -4.74. The van der Waals surface area contributed by atoms with Crippen LogP contribution in [0.5, 0.6) is 0 Å². The lowest BCUT2D eigenvalue weighted by molar-refractivity contribution is -0.138. The monoisotopic (exact) mass is 418 g/mol. The standard InChI is InChI=1S/C23H34F4O2/c1-3-5-7-8-9-10-12-14-19(13-11-6-4-2)29-22(28)20-17-18(24)15-16-21(20)23(25,26)27/h15-17,19H,3-14H2,1-2H3. The van der Waals surface area contributed by atoms with Crippen molar-refractivity contribution in [1.29, 1.82) is 0 Å². The van der Waals surface area contributed by atoms with E-state index in [1.54, 1.807) is 0 Å². The number of ether oxygens (including phenoxy) is 1. The number of hydrogen-bond donors (Lipinski definition) is 0. The van der Waals surface area contributed by atoms with Gasteiger partial charge < -0.3 is 4.74 Å². The van der Waals surface area contributed by atoms with E-state index >= 15 is 0 Å². The van der Waals surface area contributed by atoms with Gasteiger partial charge in [-0.1, -0.05) is 65.2 Å². The number of alkyl halides is 3. The number of carbonyl (C=O) groups excluding carboxylic acids is 1. The summed E-state index contributed by atoms with van der Waals surface area (Å²) in [6.45, 7) is 4.22. The molecule has 0 N–H and O–H groups in total. The normalized spacial score (nSPS) is 12.8. The molecule has 29 heavy (non-hydrogen) atoms. The number of esters is 1. The van der Waals surface area contributed by atoms with E-state index in [1.165, 1.54) is 25.7 Å². The molecule has 0 heterocycles. The van der Waals surface area contributed by atoms with Crippen LogP contribution in [-0.2, 0) is 10.9 Å². The SMILES string of the molecule is CCCCCCCCCC(CCCCC)OC(=O)c1cc(F)ccc1C(F)(F)F. The average Bonchev–Trinajstić information content (AvgIpc) is 2.66. The molecule has 0 bridgehead atoms. The van der Waals surface area contributed by atoms with Crippen molar-refractivity contribution in [2.24, 2.45) is 0 Å². The minimum absolute atomic E-state index is 0.436. The number of rotatable bonds is 14. The number of benzene rings is 1. The Morgan fingerprint density at radius 2 is 1.41 bits per heavy atom. The molecular weight excluding hydrogens is 384 g/mol. The van der Waals surface area contributed by atoms with Crippen molar-refractivity contribution < 1.29 is 27.1 Å². The number of carbonyl (C=O) groups is 1. The Kier molecular flexibility index (Phi) is 11.9. The first-order valence-electron chi connectivity index (χ1n) is 10.9. The molecule has 166 valence electrons. The summed E-state index contributed by atoms with van der Waals surface area (Å²) in [7, 11) is 0. The zero-order valence-corrected chi connectivity index (χ0v) is 17.6. The third-order valence-corrected chi connectivity index (χ3v) is 5.04. The van der Waals surface area contributed by atoms with Crippen LogP contribution in [0.4, 0.5) is 17.6 Å². The summed E-state index contributed by atoms with van der Waals surface area (Å²) in [5.74, 6) is -1.99. The van der Waals surface area contributed by atoms with Gasteiger partial charge in [-0.3, -0.25) is 0 Å². The summed E-state index contributed by atoms with van der Waals surface area (Å²) in [5, 5.41) is 0. The Morgan fingerprint density at radius 1 is 0.897 bits per heavy atom. The Labute approximate surface area is 172 Å². The van der Waals surface area contributed by atoms with Crippen LogP contribution in [0.1, 0.15) is 107 Å². The quantitative estimate of drug-likeness (QED) is 0.173. The first kappa shape index (κ1) is 25.4. The molecular formula is C23H34F4O2. The fraction of sp³-hybridized carbons (Fsp3) is 0.696. The van der Waals surface area contributed by atoms with Gasteiger partial charge in [0.1, 0.15) is 11.9 Å². The zero-order chi connectivity index (χ0) is 21.7. The van der Waals surface area contributed by atoms with Crippen LogP contribution in [0.3, 0.4) is 0 Å². The largest absolute Gasteiger partial charge is 0.459 e. The predicted molar refractivity (Wildman–Crippen MR) is 107 cm³/mol. The number of hydrogen-bond acceptors (Lipinski definition) is 2. The van der Waals surface area contributed by atoms with E-state index < -0.39 is 35.2 Å². The topological polar surface area (TPSA) is 26.3 Å². The lowest BCUT2D eigenvalue weighted by Crippen LogP contribution is -2.22. The van der Waals surface area contributed by atoms with E-state index in [9.17, 15) is 22.4 Å². The fourth-order valence-corrected chi connectivity index (χ4v) is 3.36. The molecule has 0 saturated carbocycles. The van der Waals surface area contributed by atoms with Gasteiger partial charge in [-0.05, 0) is 43.9 Å². The highest BCUT2D eigenvalue weighted by atomic mass is 19.4. The molecule has 1 aromatic carbocycles. The fourth-order valence-electron chi connectivity index (χ4n) is 3.36. The van der Waals surface area contributed by atoms with Gasteiger partial charge in [0, 0.05) is 0 Å². The van der Waals surface area contributed by atoms with E-state index in [-0.39, 0.29) is 0 Å². The molecule has 0 spiro atoms. The van der Waals surface area contributed by atoms with E-state index in [0.717, 1.165) is 38.5 Å². The van der Waals surface area contributed by atoms with Gasteiger partial charge in [-0.2, -0.15) is 13.2 Å². The molecule has 0 aliphatic heterocycles. The third-order valence-electron chi connectivity index (χ3n) is 5.04. The van der Waals surface area contributed by atoms with Gasteiger partial charge in [-0.25, -0.2) is 9.18 Å². The molecule has 0 saturated heterocycles. The van der Waals surface area contributed by atoms with Crippen molar-refractivity contribution in [2.75, 3.05) is 0 Å². The lowest BCUT2D eigenvalue weighted by Gasteiger charge is -2.19. The predicted octanol–water partition coefficient (Wildman–Crippen LogP) is 8.09. The minimum Gasteiger partial charge on any atom is -0.459 e. The Bertz CT molecular complexity index is 599. The lowest BCUT2D eigenvalue weighted by atomic mass is 10.0. The second-order valence-corrected chi connectivity index (χ2v) is 7.62. The number of halogens is 4. The average molecular weight is 419 g/mol. The molecule has 2 nitrogen and oxygen atoms in total.